The zero-order valence-electron chi connectivity index (χ0n) is 8.67. The largest absolute Gasteiger partial charge is 0.511 e. The maximum Gasteiger partial charge on any atom is 0.108 e. The number of aliphatic hydroxyl groups excluding tert-OH is 2. The van der Waals surface area contributed by atoms with E-state index in [0.29, 0.717) is 11.5 Å². The Morgan fingerprint density at radius 1 is 0.750 bits per heavy atom. The lowest BCUT2D eigenvalue weighted by Crippen LogP contribution is -2.39. The van der Waals surface area contributed by atoms with E-state index in [-0.39, 0.29) is 11.8 Å². The number of hydrogen-bond acceptors (Lipinski definition) is 2. The summed E-state index contributed by atoms with van der Waals surface area (Å²) in [7, 11) is 0. The van der Waals surface area contributed by atoms with Crippen molar-refractivity contribution in [3.05, 3.63) is 59.0 Å². The molecule has 0 saturated heterocycles. The molecule has 0 radical (unpaired) electrons. The summed E-state index contributed by atoms with van der Waals surface area (Å²) in [4.78, 5) is 0. The van der Waals surface area contributed by atoms with Gasteiger partial charge in [-0.05, 0) is 0 Å². The summed E-state index contributed by atoms with van der Waals surface area (Å²) >= 11 is 0. The minimum Gasteiger partial charge on any atom is -0.511 e. The van der Waals surface area contributed by atoms with E-state index in [2.05, 4.69) is 0 Å². The van der Waals surface area contributed by atoms with Gasteiger partial charge in [-0.2, -0.15) is 0 Å². The van der Waals surface area contributed by atoms with Gasteiger partial charge in [0, 0.05) is 22.3 Å². The molecule has 1 aromatic rings. The Balaban J connectivity index is 2.41. The second-order valence-electron chi connectivity index (χ2n) is 4.14. The average Bonchev–Trinajstić information content (AvgIpc) is 2.36. The molecule has 2 atom stereocenters. The highest BCUT2D eigenvalue weighted by molar-refractivity contribution is 5.59. The van der Waals surface area contributed by atoms with Gasteiger partial charge in [0.1, 0.15) is 11.5 Å². The van der Waals surface area contributed by atoms with Gasteiger partial charge < -0.3 is 10.2 Å². The van der Waals surface area contributed by atoms with Crippen LogP contribution in [0.1, 0.15) is 0 Å². The van der Waals surface area contributed by atoms with Crippen molar-refractivity contribution in [2.75, 3.05) is 0 Å². The first-order valence-electron chi connectivity index (χ1n) is 5.35. The van der Waals surface area contributed by atoms with Crippen LogP contribution in [-0.4, -0.2) is 10.2 Å². The Kier molecular flexibility index (Phi) is 1.90. The Morgan fingerprint density at radius 2 is 1.19 bits per heavy atom. The van der Waals surface area contributed by atoms with Gasteiger partial charge in [0.05, 0.1) is 0 Å². The van der Waals surface area contributed by atoms with Gasteiger partial charge in [0.25, 0.3) is 0 Å². The van der Waals surface area contributed by atoms with Crippen LogP contribution in [0.15, 0.2) is 48.6 Å². The first-order valence-corrected chi connectivity index (χ1v) is 5.35. The van der Waals surface area contributed by atoms with E-state index in [1.54, 1.807) is 0 Å². The van der Waals surface area contributed by atoms with Crippen LogP contribution in [-0.2, 0) is 0 Å². The SMILES string of the molecule is OC1=c2ccccc2=C(O)C2C=CC=CC12. The van der Waals surface area contributed by atoms with Gasteiger partial charge in [0.2, 0.25) is 0 Å². The monoisotopic (exact) mass is 212 g/mol. The number of hydrogen-bond donors (Lipinski definition) is 2. The Hall–Kier alpha value is -1.96. The molecule has 2 N–H and O–H groups in total. The fourth-order valence-electron chi connectivity index (χ4n) is 2.42. The molecule has 1 aromatic carbocycles. The highest BCUT2D eigenvalue weighted by Gasteiger charge is 2.29. The summed E-state index contributed by atoms with van der Waals surface area (Å²) in [5, 5.41) is 21.8. The van der Waals surface area contributed by atoms with E-state index in [1.165, 1.54) is 0 Å². The molecule has 0 fully saturated rings. The molecule has 16 heavy (non-hydrogen) atoms. The number of allylic oxidation sites excluding steroid dienone is 2. The Labute approximate surface area is 93.2 Å². The standard InChI is InChI=1S/C14H12O2/c15-13-9-5-1-2-6-10(9)14(16)12-8-4-3-7-11(12)13/h1-10,15-16H. The third-order valence-corrected chi connectivity index (χ3v) is 3.25. The number of aliphatic hydroxyl groups is 2. The summed E-state index contributed by atoms with van der Waals surface area (Å²) in [5.74, 6) is 0.442. The molecule has 0 saturated carbocycles. The maximum absolute atomic E-state index is 10.2. The molecule has 0 bridgehead atoms. The van der Waals surface area contributed by atoms with Crippen molar-refractivity contribution >= 4 is 11.5 Å². The normalized spacial score (nSPS) is 26.5. The minimum absolute atomic E-state index is 0.125. The van der Waals surface area contributed by atoms with Gasteiger partial charge >= 0.3 is 0 Å². The predicted octanol–water partition coefficient (Wildman–Crippen LogP) is 1.39. The second kappa shape index (κ2) is 3.27. The zero-order valence-corrected chi connectivity index (χ0v) is 8.67. The number of benzene rings is 1. The molecule has 0 heterocycles. The fraction of sp³-hybridized carbons (Fsp3) is 0.143. The summed E-state index contributed by atoms with van der Waals surface area (Å²) in [6.07, 6.45) is 7.65. The van der Waals surface area contributed by atoms with Crippen LogP contribution in [0, 0.1) is 11.8 Å². The number of fused-ring (bicyclic) bond motifs is 2. The topological polar surface area (TPSA) is 40.5 Å². The molecule has 2 heteroatoms. The molecule has 0 amide bonds. The van der Waals surface area contributed by atoms with E-state index in [0.717, 1.165) is 10.4 Å². The average molecular weight is 212 g/mol. The number of rotatable bonds is 0. The summed E-state index contributed by atoms with van der Waals surface area (Å²) in [6, 6.07) is 7.41. The molecular weight excluding hydrogens is 200 g/mol. The van der Waals surface area contributed by atoms with Crippen LogP contribution in [0.4, 0.5) is 0 Å². The van der Waals surface area contributed by atoms with E-state index < -0.39 is 0 Å². The van der Waals surface area contributed by atoms with E-state index in [9.17, 15) is 10.2 Å². The predicted molar refractivity (Wildman–Crippen MR) is 63.0 cm³/mol. The van der Waals surface area contributed by atoms with Crippen molar-refractivity contribution in [3.8, 4) is 0 Å². The van der Waals surface area contributed by atoms with Crippen molar-refractivity contribution in [2.45, 2.75) is 0 Å². The molecule has 2 aliphatic rings. The third kappa shape index (κ3) is 1.13. The van der Waals surface area contributed by atoms with Crippen molar-refractivity contribution in [2.24, 2.45) is 11.8 Å². The first-order chi connectivity index (χ1) is 7.79. The second-order valence-corrected chi connectivity index (χ2v) is 4.14. The van der Waals surface area contributed by atoms with Crippen LogP contribution in [0.25, 0.3) is 11.5 Å². The lowest BCUT2D eigenvalue weighted by Gasteiger charge is -2.26. The zero-order chi connectivity index (χ0) is 11.1. The van der Waals surface area contributed by atoms with E-state index in [4.69, 9.17) is 0 Å². The van der Waals surface area contributed by atoms with Gasteiger partial charge in [0.15, 0.2) is 0 Å². The molecule has 0 aliphatic heterocycles. The van der Waals surface area contributed by atoms with Crippen LogP contribution < -0.4 is 10.4 Å². The lowest BCUT2D eigenvalue weighted by atomic mass is 9.81. The van der Waals surface area contributed by atoms with Crippen LogP contribution >= 0.6 is 0 Å². The fourth-order valence-corrected chi connectivity index (χ4v) is 2.42. The van der Waals surface area contributed by atoms with Crippen molar-refractivity contribution in [3.63, 3.8) is 0 Å². The smallest absolute Gasteiger partial charge is 0.108 e. The van der Waals surface area contributed by atoms with Gasteiger partial charge in [-0.15, -0.1) is 0 Å². The Bertz CT molecular complexity index is 553. The summed E-state index contributed by atoms with van der Waals surface area (Å²) in [5.41, 5.74) is 0. The van der Waals surface area contributed by atoms with Crippen molar-refractivity contribution in [1.29, 1.82) is 0 Å². The lowest BCUT2D eigenvalue weighted by molar-refractivity contribution is 0.376. The third-order valence-electron chi connectivity index (χ3n) is 3.25. The van der Waals surface area contributed by atoms with Crippen molar-refractivity contribution in [1.82, 2.24) is 0 Å². The highest BCUT2D eigenvalue weighted by atomic mass is 16.3. The first kappa shape index (κ1) is 9.28. The minimum atomic E-state index is -0.125. The van der Waals surface area contributed by atoms with Crippen molar-refractivity contribution < 1.29 is 10.2 Å². The van der Waals surface area contributed by atoms with E-state index in [1.807, 2.05) is 48.6 Å². The van der Waals surface area contributed by atoms with Crippen LogP contribution in [0.5, 0.6) is 0 Å². The van der Waals surface area contributed by atoms with E-state index >= 15 is 0 Å². The molecule has 0 spiro atoms. The van der Waals surface area contributed by atoms with Crippen LogP contribution in [0.2, 0.25) is 0 Å². The van der Waals surface area contributed by atoms with Gasteiger partial charge in [-0.1, -0.05) is 48.6 Å². The molecular formula is C14H12O2. The molecule has 2 unspecified atom stereocenters. The van der Waals surface area contributed by atoms with Gasteiger partial charge in [-0.3, -0.25) is 0 Å². The molecule has 3 rings (SSSR count). The quantitative estimate of drug-likeness (QED) is 0.682. The Morgan fingerprint density at radius 3 is 1.62 bits per heavy atom. The summed E-state index contributed by atoms with van der Waals surface area (Å²) < 4.78 is 0. The molecule has 80 valence electrons. The van der Waals surface area contributed by atoms with Gasteiger partial charge in [-0.25, -0.2) is 0 Å². The maximum atomic E-state index is 10.2. The highest BCUT2D eigenvalue weighted by Crippen LogP contribution is 2.31. The molecule has 2 nitrogen and oxygen atoms in total. The van der Waals surface area contributed by atoms with Crippen LogP contribution in [0.3, 0.4) is 0 Å². The molecule has 0 aromatic heterocycles. The molecule has 2 aliphatic carbocycles. The summed E-state index contributed by atoms with van der Waals surface area (Å²) in [6.45, 7) is 0.